The van der Waals surface area contributed by atoms with Crippen molar-refractivity contribution in [3.05, 3.63) is 18.4 Å². The van der Waals surface area contributed by atoms with Gasteiger partial charge in [0.05, 0.1) is 17.9 Å². The summed E-state index contributed by atoms with van der Waals surface area (Å²) in [4.78, 5) is 48.3. The summed E-state index contributed by atoms with van der Waals surface area (Å²) >= 11 is 5.09. The Bertz CT molecular complexity index is 795. The van der Waals surface area contributed by atoms with E-state index in [0.717, 1.165) is 6.92 Å². The highest BCUT2D eigenvalue weighted by Crippen LogP contribution is 2.49. The molecule has 0 saturated carbocycles. The molecular weight excluding hydrogens is 727 g/mol. The van der Waals surface area contributed by atoms with Crippen LogP contribution in [-0.2, 0) is 23.9 Å². The quantitative estimate of drug-likeness (QED) is 0.140. The van der Waals surface area contributed by atoms with Gasteiger partial charge >= 0.3 is 5.97 Å². The number of carbonyl (C=O) groups is 4. The van der Waals surface area contributed by atoms with Crippen LogP contribution in [0.2, 0.25) is 0 Å². The fraction of sp³-hybridized carbons (Fsp3) is 0.500. The fourth-order valence-electron chi connectivity index (χ4n) is 2.42. The van der Waals surface area contributed by atoms with Crippen molar-refractivity contribution in [1.29, 1.82) is 0 Å². The van der Waals surface area contributed by atoms with Crippen LogP contribution in [0.15, 0.2) is 18.4 Å². The Hall–Kier alpha value is -0.530. The van der Waals surface area contributed by atoms with E-state index in [1.54, 1.807) is 74.7 Å². The number of aliphatic hydroxyl groups is 2. The largest absolute Gasteiger partial charge is 0.453 e. The van der Waals surface area contributed by atoms with Crippen LogP contribution in [0.25, 0.3) is 0 Å². The number of alkyl halides is 1. The molecule has 162 valence electrons. The van der Waals surface area contributed by atoms with Crippen molar-refractivity contribution < 1.29 is 34.1 Å². The van der Waals surface area contributed by atoms with Crippen molar-refractivity contribution in [2.75, 3.05) is 6.61 Å². The molecule has 4 atom stereocenters. The molecule has 6 N–H and O–H groups in total. The minimum absolute atomic E-state index is 0.0992. The van der Waals surface area contributed by atoms with Gasteiger partial charge in [-0.25, -0.2) is 0 Å². The van der Waals surface area contributed by atoms with Crippen molar-refractivity contribution in [2.45, 2.75) is 36.5 Å². The van der Waals surface area contributed by atoms with Crippen LogP contribution in [0.3, 0.4) is 0 Å². The lowest BCUT2D eigenvalue weighted by Crippen LogP contribution is -2.52. The van der Waals surface area contributed by atoms with Crippen LogP contribution >= 0.6 is 67.8 Å². The number of amides is 3. The molecule has 0 saturated heterocycles. The number of primary amides is 1. The van der Waals surface area contributed by atoms with Gasteiger partial charge in [-0.15, -0.1) is 0 Å². The molecule has 0 heterocycles. The third-order valence-corrected chi connectivity index (χ3v) is 7.20. The maximum absolute atomic E-state index is 12.8. The van der Waals surface area contributed by atoms with E-state index >= 15 is 0 Å². The average molecular weight is 747 g/mol. The monoisotopic (exact) mass is 747 g/mol. The average Bonchev–Trinajstić information content (AvgIpc) is 2.56. The number of carbonyl (C=O) groups excluding carboxylic acids is 4. The standard InChI is InChI=1S/C16H20I3N3O7/c1-5(4-23)21-15(27)9-11(18)12(22-14(26)6(2)29-7(3)24)10(17)8(13(20)25)16(9,19)28/h5-6,9,23,28H,4H2,1-3H3,(H2,20,25)(H,21,27)(H,22,26). The minimum atomic E-state index is -1.99. The first-order chi connectivity index (χ1) is 13.2. The Morgan fingerprint density at radius 1 is 1.28 bits per heavy atom. The summed E-state index contributed by atoms with van der Waals surface area (Å²) in [6.07, 6.45) is -1.13. The van der Waals surface area contributed by atoms with Crippen molar-refractivity contribution in [2.24, 2.45) is 11.7 Å². The van der Waals surface area contributed by atoms with Gasteiger partial charge in [-0.1, -0.05) is 0 Å². The van der Waals surface area contributed by atoms with Crippen molar-refractivity contribution in [3.8, 4) is 0 Å². The highest BCUT2D eigenvalue weighted by atomic mass is 127. The number of halogens is 3. The van der Waals surface area contributed by atoms with Crippen LogP contribution in [0.4, 0.5) is 0 Å². The van der Waals surface area contributed by atoms with Gasteiger partial charge in [0, 0.05) is 20.1 Å². The SMILES string of the molecule is CC(=O)OC(C)C(=O)NC1=C(I)C(C(=O)NC(C)CO)C(O)(I)C(C(N)=O)=C1I. The number of esters is 1. The molecule has 0 aromatic rings. The van der Waals surface area contributed by atoms with Gasteiger partial charge in [0.2, 0.25) is 11.8 Å². The predicted octanol–water partition coefficient (Wildman–Crippen LogP) is 0.126. The smallest absolute Gasteiger partial charge is 0.303 e. The van der Waals surface area contributed by atoms with Crippen LogP contribution in [0.1, 0.15) is 20.8 Å². The van der Waals surface area contributed by atoms with Gasteiger partial charge in [-0.3, -0.25) is 19.2 Å². The van der Waals surface area contributed by atoms with E-state index in [1.807, 2.05) is 0 Å². The molecule has 1 aliphatic carbocycles. The predicted molar refractivity (Wildman–Crippen MR) is 128 cm³/mol. The second-order valence-corrected chi connectivity index (χ2v) is 10.1. The van der Waals surface area contributed by atoms with E-state index in [4.69, 9.17) is 10.5 Å². The summed E-state index contributed by atoms with van der Waals surface area (Å²) in [5.41, 5.74) is 5.28. The Morgan fingerprint density at radius 2 is 1.83 bits per heavy atom. The lowest BCUT2D eigenvalue weighted by Gasteiger charge is -2.37. The third kappa shape index (κ3) is 6.23. The molecule has 0 aromatic carbocycles. The number of ether oxygens (including phenoxy) is 1. The summed E-state index contributed by atoms with van der Waals surface area (Å²) in [6.45, 7) is 3.74. The second kappa shape index (κ2) is 10.7. The normalized spacial score (nSPS) is 23.9. The lowest BCUT2D eigenvalue weighted by atomic mass is 9.87. The van der Waals surface area contributed by atoms with Crippen LogP contribution in [0, 0.1) is 5.92 Å². The molecule has 10 nitrogen and oxygen atoms in total. The molecule has 1 rings (SSSR count). The molecule has 3 amide bonds. The van der Waals surface area contributed by atoms with E-state index in [0.29, 0.717) is 0 Å². The topological polar surface area (TPSA) is 168 Å². The number of rotatable bonds is 7. The van der Waals surface area contributed by atoms with Crippen molar-refractivity contribution >= 4 is 91.5 Å². The first kappa shape index (κ1) is 26.5. The number of allylic oxidation sites excluding steroid dienone is 1. The maximum Gasteiger partial charge on any atom is 0.303 e. The van der Waals surface area contributed by atoms with Gasteiger partial charge < -0.3 is 31.3 Å². The molecule has 0 aliphatic heterocycles. The zero-order valence-electron chi connectivity index (χ0n) is 15.6. The number of nitrogens with two attached hydrogens (primary N) is 1. The molecule has 0 bridgehead atoms. The number of nitrogens with one attached hydrogen (secondary N) is 2. The van der Waals surface area contributed by atoms with Crippen LogP contribution < -0.4 is 16.4 Å². The molecule has 13 heteroatoms. The first-order valence-electron chi connectivity index (χ1n) is 8.16. The van der Waals surface area contributed by atoms with E-state index in [1.165, 1.54) is 6.92 Å². The Labute approximate surface area is 207 Å². The lowest BCUT2D eigenvalue weighted by molar-refractivity contribution is -0.152. The highest BCUT2D eigenvalue weighted by molar-refractivity contribution is 14.1. The Balaban J connectivity index is 3.47. The fourth-order valence-corrected chi connectivity index (χ4v) is 7.42. The Kier molecular flexibility index (Phi) is 9.75. The van der Waals surface area contributed by atoms with E-state index in [-0.39, 0.29) is 25.0 Å². The van der Waals surface area contributed by atoms with Crippen LogP contribution in [0.5, 0.6) is 0 Å². The second-order valence-electron chi connectivity index (χ2n) is 6.22. The van der Waals surface area contributed by atoms with Crippen LogP contribution in [-0.4, -0.2) is 56.3 Å². The van der Waals surface area contributed by atoms with Gasteiger partial charge in [0.15, 0.2) is 9.71 Å². The van der Waals surface area contributed by atoms with Crippen molar-refractivity contribution in [3.63, 3.8) is 0 Å². The highest BCUT2D eigenvalue weighted by Gasteiger charge is 2.52. The van der Waals surface area contributed by atoms with E-state index in [9.17, 15) is 29.4 Å². The van der Waals surface area contributed by atoms with E-state index < -0.39 is 45.4 Å². The van der Waals surface area contributed by atoms with Crippen molar-refractivity contribution in [1.82, 2.24) is 10.6 Å². The molecule has 0 radical (unpaired) electrons. The molecule has 29 heavy (non-hydrogen) atoms. The summed E-state index contributed by atoms with van der Waals surface area (Å²) in [6, 6.07) is -0.608. The number of hydrogen-bond acceptors (Lipinski definition) is 7. The maximum atomic E-state index is 12.8. The van der Waals surface area contributed by atoms with Gasteiger partial charge in [-0.2, -0.15) is 0 Å². The first-order valence-corrected chi connectivity index (χ1v) is 11.4. The number of aliphatic hydroxyl groups excluding tert-OH is 1. The Morgan fingerprint density at radius 3 is 2.28 bits per heavy atom. The number of hydrogen-bond donors (Lipinski definition) is 5. The molecule has 0 fully saturated rings. The molecule has 0 aromatic heterocycles. The molecular formula is C16H20I3N3O7. The molecule has 1 aliphatic rings. The minimum Gasteiger partial charge on any atom is -0.453 e. The van der Waals surface area contributed by atoms with Gasteiger partial charge in [0.1, 0.15) is 5.92 Å². The molecule has 4 unspecified atom stereocenters. The third-order valence-electron chi connectivity index (χ3n) is 3.80. The summed E-state index contributed by atoms with van der Waals surface area (Å²) in [7, 11) is 0. The zero-order valence-corrected chi connectivity index (χ0v) is 22.1. The summed E-state index contributed by atoms with van der Waals surface area (Å²) in [5, 5.41) is 25.3. The molecule has 0 spiro atoms. The summed E-state index contributed by atoms with van der Waals surface area (Å²) in [5.74, 6) is -4.28. The van der Waals surface area contributed by atoms with Gasteiger partial charge in [0.25, 0.3) is 5.91 Å². The zero-order chi connectivity index (χ0) is 22.7. The van der Waals surface area contributed by atoms with E-state index in [2.05, 4.69) is 10.6 Å². The van der Waals surface area contributed by atoms with Gasteiger partial charge in [-0.05, 0) is 81.6 Å². The summed E-state index contributed by atoms with van der Waals surface area (Å²) < 4.78 is 3.23.